The summed E-state index contributed by atoms with van der Waals surface area (Å²) in [6.45, 7) is 0.197. The number of hydrogen-bond donors (Lipinski definition) is 4. The van der Waals surface area contributed by atoms with Crippen LogP contribution >= 0.6 is 0 Å². The van der Waals surface area contributed by atoms with Gasteiger partial charge in [-0.2, -0.15) is 0 Å². The van der Waals surface area contributed by atoms with Crippen molar-refractivity contribution in [2.75, 3.05) is 5.32 Å². The number of anilines is 1. The first kappa shape index (κ1) is 14.4. The molecule has 0 aliphatic carbocycles. The second kappa shape index (κ2) is 6.42. The van der Waals surface area contributed by atoms with Gasteiger partial charge in [-0.25, -0.2) is 4.79 Å². The molecule has 0 bridgehead atoms. The van der Waals surface area contributed by atoms with Gasteiger partial charge >= 0.3 is 6.09 Å². The lowest BCUT2D eigenvalue weighted by Gasteiger charge is -2.08. The predicted octanol–water partition coefficient (Wildman–Crippen LogP) is 2.41. The summed E-state index contributed by atoms with van der Waals surface area (Å²) in [5.74, 6) is -0.498. The van der Waals surface area contributed by atoms with Crippen LogP contribution in [0.2, 0.25) is 0 Å². The Hall–Kier alpha value is -3.02. The van der Waals surface area contributed by atoms with Crippen LogP contribution in [-0.4, -0.2) is 22.2 Å². The van der Waals surface area contributed by atoms with Crippen LogP contribution in [0.3, 0.4) is 0 Å². The van der Waals surface area contributed by atoms with Crippen LogP contribution in [-0.2, 0) is 6.54 Å². The highest BCUT2D eigenvalue weighted by molar-refractivity contribution is 6.06. The van der Waals surface area contributed by atoms with Crippen molar-refractivity contribution in [3.05, 3.63) is 59.7 Å². The number of amides is 2. The maximum Gasteiger partial charge on any atom is 0.404 e. The number of nitrogens with one attached hydrogen (secondary N) is 2. The van der Waals surface area contributed by atoms with E-state index in [-0.39, 0.29) is 17.9 Å². The van der Waals surface area contributed by atoms with Gasteiger partial charge in [0.2, 0.25) is 0 Å². The number of carbonyl (C=O) groups excluding carboxylic acids is 1. The molecule has 4 N–H and O–H groups in total. The fraction of sp³-hybridized carbons (Fsp3) is 0.0667. The molecule has 2 amide bonds. The minimum Gasteiger partial charge on any atom is -0.507 e. The molecular formula is C15H14N2O4. The topological polar surface area (TPSA) is 98.7 Å². The molecule has 0 heterocycles. The Labute approximate surface area is 121 Å². The number of hydrogen-bond acceptors (Lipinski definition) is 3. The maximum atomic E-state index is 12.0. The predicted molar refractivity (Wildman–Crippen MR) is 77.4 cm³/mol. The second-order valence-corrected chi connectivity index (χ2v) is 4.33. The molecule has 0 saturated carbocycles. The normalized spacial score (nSPS) is 9.90. The zero-order valence-electron chi connectivity index (χ0n) is 11.0. The van der Waals surface area contributed by atoms with Gasteiger partial charge in [-0.15, -0.1) is 0 Å². The van der Waals surface area contributed by atoms with Gasteiger partial charge in [0, 0.05) is 12.2 Å². The van der Waals surface area contributed by atoms with Gasteiger partial charge in [-0.05, 0) is 29.8 Å². The first-order chi connectivity index (χ1) is 10.1. The molecule has 21 heavy (non-hydrogen) atoms. The van der Waals surface area contributed by atoms with Crippen molar-refractivity contribution in [2.45, 2.75) is 6.54 Å². The Kier molecular flexibility index (Phi) is 4.40. The van der Waals surface area contributed by atoms with E-state index >= 15 is 0 Å². The molecule has 0 fully saturated rings. The summed E-state index contributed by atoms with van der Waals surface area (Å²) in [5.41, 5.74) is 1.52. The molecule has 0 spiro atoms. The highest BCUT2D eigenvalue weighted by atomic mass is 16.4. The summed E-state index contributed by atoms with van der Waals surface area (Å²) in [7, 11) is 0. The molecule has 0 saturated heterocycles. The van der Waals surface area contributed by atoms with Gasteiger partial charge in [-0.1, -0.05) is 24.3 Å². The van der Waals surface area contributed by atoms with E-state index in [2.05, 4.69) is 10.6 Å². The average Bonchev–Trinajstić information content (AvgIpc) is 2.47. The minimum absolute atomic E-state index is 0.0859. The van der Waals surface area contributed by atoms with Crippen molar-refractivity contribution in [1.29, 1.82) is 0 Å². The molecule has 2 rings (SSSR count). The van der Waals surface area contributed by atoms with E-state index in [4.69, 9.17) is 5.11 Å². The average molecular weight is 286 g/mol. The molecular weight excluding hydrogens is 272 g/mol. The zero-order valence-corrected chi connectivity index (χ0v) is 11.0. The quantitative estimate of drug-likeness (QED) is 0.693. The molecule has 0 aliphatic heterocycles. The number of carboxylic acid groups (broad SMARTS) is 1. The molecule has 0 aliphatic rings. The number of benzene rings is 2. The lowest BCUT2D eigenvalue weighted by molar-refractivity contribution is 0.102. The van der Waals surface area contributed by atoms with E-state index in [1.807, 2.05) is 0 Å². The third-order valence-electron chi connectivity index (χ3n) is 2.80. The SMILES string of the molecule is O=C(O)NCc1ccc(NC(=O)c2ccccc2O)cc1. The van der Waals surface area contributed by atoms with E-state index in [0.29, 0.717) is 5.69 Å². The number of para-hydroxylation sites is 1. The minimum atomic E-state index is -1.09. The van der Waals surface area contributed by atoms with Gasteiger partial charge in [0.15, 0.2) is 0 Å². The molecule has 0 unspecified atom stereocenters. The summed E-state index contributed by atoms with van der Waals surface area (Å²) < 4.78 is 0. The van der Waals surface area contributed by atoms with Crippen LogP contribution < -0.4 is 10.6 Å². The Bertz CT molecular complexity index is 653. The number of phenolic OH excluding ortho intramolecular Hbond substituents is 1. The fourth-order valence-corrected chi connectivity index (χ4v) is 1.75. The highest BCUT2D eigenvalue weighted by Crippen LogP contribution is 2.18. The largest absolute Gasteiger partial charge is 0.507 e. The second-order valence-electron chi connectivity index (χ2n) is 4.33. The van der Waals surface area contributed by atoms with Crippen LogP contribution in [0.5, 0.6) is 5.75 Å². The summed E-state index contributed by atoms with van der Waals surface area (Å²) >= 11 is 0. The van der Waals surface area contributed by atoms with Crippen molar-refractivity contribution < 1.29 is 19.8 Å². The zero-order chi connectivity index (χ0) is 15.2. The highest BCUT2D eigenvalue weighted by Gasteiger charge is 2.10. The number of rotatable bonds is 4. The van der Waals surface area contributed by atoms with Crippen LogP contribution in [0.15, 0.2) is 48.5 Å². The fourth-order valence-electron chi connectivity index (χ4n) is 1.75. The Morgan fingerprint density at radius 3 is 2.29 bits per heavy atom. The van der Waals surface area contributed by atoms with Gasteiger partial charge < -0.3 is 20.8 Å². The van der Waals surface area contributed by atoms with E-state index < -0.39 is 12.0 Å². The van der Waals surface area contributed by atoms with Crippen LogP contribution in [0.4, 0.5) is 10.5 Å². The van der Waals surface area contributed by atoms with Crippen molar-refractivity contribution in [2.24, 2.45) is 0 Å². The van der Waals surface area contributed by atoms with Gasteiger partial charge in [0.1, 0.15) is 5.75 Å². The lowest BCUT2D eigenvalue weighted by Crippen LogP contribution is -2.19. The van der Waals surface area contributed by atoms with Crippen LogP contribution in [0.1, 0.15) is 15.9 Å². The van der Waals surface area contributed by atoms with E-state index in [1.165, 1.54) is 12.1 Å². The van der Waals surface area contributed by atoms with Gasteiger partial charge in [0.25, 0.3) is 5.91 Å². The summed E-state index contributed by atoms with van der Waals surface area (Å²) in [6, 6.07) is 13.0. The van der Waals surface area contributed by atoms with Gasteiger partial charge in [0.05, 0.1) is 5.56 Å². The number of phenols is 1. The van der Waals surface area contributed by atoms with E-state index in [1.54, 1.807) is 36.4 Å². The Morgan fingerprint density at radius 2 is 1.67 bits per heavy atom. The van der Waals surface area contributed by atoms with Crippen LogP contribution in [0.25, 0.3) is 0 Å². The standard InChI is InChI=1S/C15H14N2O4/c18-13-4-2-1-3-12(13)14(19)17-11-7-5-10(6-8-11)9-16-15(20)21/h1-8,16,18H,9H2,(H,17,19)(H,20,21). The molecule has 6 nitrogen and oxygen atoms in total. The Morgan fingerprint density at radius 1 is 1.00 bits per heavy atom. The first-order valence-corrected chi connectivity index (χ1v) is 6.21. The first-order valence-electron chi connectivity index (χ1n) is 6.21. The molecule has 2 aromatic rings. The van der Waals surface area contributed by atoms with Crippen molar-refractivity contribution in [3.8, 4) is 5.75 Å². The van der Waals surface area contributed by atoms with Crippen molar-refractivity contribution in [1.82, 2.24) is 5.32 Å². The van der Waals surface area contributed by atoms with E-state index in [9.17, 15) is 14.7 Å². The molecule has 2 aromatic carbocycles. The molecule has 0 atom stereocenters. The third kappa shape index (κ3) is 3.97. The van der Waals surface area contributed by atoms with Crippen molar-refractivity contribution >= 4 is 17.7 Å². The summed E-state index contributed by atoms with van der Waals surface area (Å²) in [5, 5.41) is 23.0. The Balaban J connectivity index is 2.02. The van der Waals surface area contributed by atoms with Crippen LogP contribution in [0, 0.1) is 0 Å². The molecule has 6 heteroatoms. The van der Waals surface area contributed by atoms with Crippen molar-refractivity contribution in [3.63, 3.8) is 0 Å². The molecule has 0 aromatic heterocycles. The summed E-state index contributed by atoms with van der Waals surface area (Å²) in [4.78, 5) is 22.4. The number of aromatic hydroxyl groups is 1. The lowest BCUT2D eigenvalue weighted by atomic mass is 10.1. The smallest absolute Gasteiger partial charge is 0.404 e. The molecule has 0 radical (unpaired) electrons. The maximum absolute atomic E-state index is 12.0. The molecule has 108 valence electrons. The number of carbonyl (C=O) groups is 2. The van der Waals surface area contributed by atoms with E-state index in [0.717, 1.165) is 5.56 Å². The third-order valence-corrected chi connectivity index (χ3v) is 2.80. The monoisotopic (exact) mass is 286 g/mol. The van der Waals surface area contributed by atoms with Gasteiger partial charge in [-0.3, -0.25) is 4.79 Å². The summed E-state index contributed by atoms with van der Waals surface area (Å²) in [6.07, 6.45) is -1.09.